The number of rotatable bonds is 4. The molecule has 0 unspecified atom stereocenters. The third kappa shape index (κ3) is 3.64. The quantitative estimate of drug-likeness (QED) is 0.545. The molecule has 1 aromatic carbocycles. The van der Waals surface area contributed by atoms with Crippen molar-refractivity contribution in [2.45, 2.75) is 13.3 Å². The van der Waals surface area contributed by atoms with Gasteiger partial charge in [0.2, 0.25) is 0 Å². The van der Waals surface area contributed by atoms with Crippen LogP contribution in [-0.4, -0.2) is 6.54 Å². The number of benzene rings is 1. The maximum Gasteiger partial charge on any atom is 0.0342 e. The van der Waals surface area contributed by atoms with Crippen LogP contribution >= 0.6 is 0 Å². The van der Waals surface area contributed by atoms with Crippen LogP contribution in [0.25, 0.3) is 0 Å². The summed E-state index contributed by atoms with van der Waals surface area (Å²) < 4.78 is 0. The summed E-state index contributed by atoms with van der Waals surface area (Å²) in [6.45, 7) is 6.54. The number of hydrogen-bond acceptors (Lipinski definition) is 1. The van der Waals surface area contributed by atoms with Gasteiger partial charge in [-0.05, 0) is 37.1 Å². The van der Waals surface area contributed by atoms with Crippen molar-refractivity contribution in [3.8, 4) is 0 Å². The maximum atomic E-state index is 3.51. The maximum absolute atomic E-state index is 3.51. The van der Waals surface area contributed by atoms with Gasteiger partial charge in [0.05, 0.1) is 0 Å². The molecule has 0 fully saturated rings. The van der Waals surface area contributed by atoms with Gasteiger partial charge in [-0.25, -0.2) is 0 Å². The van der Waals surface area contributed by atoms with E-state index in [1.807, 2.05) is 6.08 Å². The van der Waals surface area contributed by atoms with Gasteiger partial charge in [0, 0.05) is 12.2 Å². The molecule has 68 valence electrons. The zero-order chi connectivity index (χ0) is 9.52. The molecule has 0 aliphatic carbocycles. The van der Waals surface area contributed by atoms with Gasteiger partial charge in [0.25, 0.3) is 0 Å². The number of hydrogen-bond donors (Lipinski definition) is 1. The Bertz CT molecular complexity index is 309. The molecule has 0 aliphatic rings. The third-order valence-corrected chi connectivity index (χ3v) is 1.78. The summed E-state index contributed by atoms with van der Waals surface area (Å²) in [5, 5.41) is 3.32. The first-order valence-electron chi connectivity index (χ1n) is 4.48. The molecule has 0 saturated carbocycles. The van der Waals surface area contributed by atoms with Crippen LogP contribution in [0, 0.1) is 6.92 Å². The molecule has 0 radical (unpaired) electrons. The predicted octanol–water partition coefficient (Wildman–Crippen LogP) is 3.14. The molecular weight excluding hydrogens is 158 g/mol. The lowest BCUT2D eigenvalue weighted by atomic mass is 10.2. The molecule has 0 bridgehead atoms. The summed E-state index contributed by atoms with van der Waals surface area (Å²) in [4.78, 5) is 0. The van der Waals surface area contributed by atoms with Crippen molar-refractivity contribution in [2.24, 2.45) is 0 Å². The van der Waals surface area contributed by atoms with E-state index in [2.05, 4.69) is 48.8 Å². The normalized spacial score (nSPS) is 9.00. The summed E-state index contributed by atoms with van der Waals surface area (Å²) in [6, 6.07) is 8.36. The van der Waals surface area contributed by atoms with Crippen LogP contribution in [0.3, 0.4) is 0 Å². The minimum atomic E-state index is 0.936. The van der Waals surface area contributed by atoms with Gasteiger partial charge in [-0.1, -0.05) is 18.7 Å². The highest BCUT2D eigenvalue weighted by molar-refractivity contribution is 5.45. The minimum Gasteiger partial charge on any atom is -0.385 e. The SMILES string of the molecule is C=C=CCCNc1cccc(C)c1. The molecule has 1 heteroatoms. The van der Waals surface area contributed by atoms with Crippen molar-refractivity contribution < 1.29 is 0 Å². The van der Waals surface area contributed by atoms with E-state index in [-0.39, 0.29) is 0 Å². The summed E-state index contributed by atoms with van der Waals surface area (Å²) in [5.41, 5.74) is 5.21. The second-order valence-corrected chi connectivity index (χ2v) is 2.99. The number of aryl methyl sites for hydroxylation is 1. The average molecular weight is 173 g/mol. The lowest BCUT2D eigenvalue weighted by molar-refractivity contribution is 1.07. The molecule has 1 aromatic rings. The molecule has 1 rings (SSSR count). The number of anilines is 1. The molecule has 1 nitrogen and oxygen atoms in total. The summed E-state index contributed by atoms with van der Waals surface area (Å²) in [6.07, 6.45) is 2.90. The Morgan fingerprint density at radius 1 is 1.54 bits per heavy atom. The third-order valence-electron chi connectivity index (χ3n) is 1.78. The monoisotopic (exact) mass is 173 g/mol. The summed E-state index contributed by atoms with van der Waals surface area (Å²) >= 11 is 0. The molecule has 0 aromatic heterocycles. The largest absolute Gasteiger partial charge is 0.385 e. The minimum absolute atomic E-state index is 0.936. The van der Waals surface area contributed by atoms with Crippen LogP contribution in [0.15, 0.2) is 42.7 Å². The van der Waals surface area contributed by atoms with E-state index in [1.165, 1.54) is 11.3 Å². The molecule has 0 aliphatic heterocycles. The van der Waals surface area contributed by atoms with Gasteiger partial charge in [0.15, 0.2) is 0 Å². The fraction of sp³-hybridized carbons (Fsp3) is 0.250. The second kappa shape index (κ2) is 5.23. The van der Waals surface area contributed by atoms with Gasteiger partial charge in [0.1, 0.15) is 0 Å². The molecule has 0 amide bonds. The van der Waals surface area contributed by atoms with E-state index >= 15 is 0 Å². The first-order chi connectivity index (χ1) is 6.33. The number of nitrogens with one attached hydrogen (secondary N) is 1. The molecule has 0 saturated heterocycles. The van der Waals surface area contributed by atoms with Gasteiger partial charge in [-0.15, -0.1) is 5.73 Å². The lowest BCUT2D eigenvalue weighted by Gasteiger charge is -2.04. The van der Waals surface area contributed by atoms with Crippen molar-refractivity contribution in [2.75, 3.05) is 11.9 Å². The van der Waals surface area contributed by atoms with E-state index in [0.29, 0.717) is 0 Å². The van der Waals surface area contributed by atoms with Crippen molar-refractivity contribution in [1.29, 1.82) is 0 Å². The van der Waals surface area contributed by atoms with E-state index in [1.54, 1.807) is 0 Å². The van der Waals surface area contributed by atoms with Crippen LogP contribution in [0.2, 0.25) is 0 Å². The van der Waals surface area contributed by atoms with Crippen LogP contribution in [-0.2, 0) is 0 Å². The highest BCUT2D eigenvalue weighted by atomic mass is 14.9. The highest BCUT2D eigenvalue weighted by Crippen LogP contribution is 2.08. The van der Waals surface area contributed by atoms with Crippen molar-refractivity contribution >= 4 is 5.69 Å². The summed E-state index contributed by atoms with van der Waals surface area (Å²) in [7, 11) is 0. The first kappa shape index (κ1) is 9.63. The Morgan fingerprint density at radius 2 is 2.38 bits per heavy atom. The zero-order valence-electron chi connectivity index (χ0n) is 8.01. The Labute approximate surface area is 79.8 Å². The molecule has 0 atom stereocenters. The van der Waals surface area contributed by atoms with Crippen LogP contribution in [0.4, 0.5) is 5.69 Å². The molecular formula is C12H15N. The van der Waals surface area contributed by atoms with E-state index < -0.39 is 0 Å². The molecule has 0 heterocycles. The van der Waals surface area contributed by atoms with E-state index in [4.69, 9.17) is 0 Å². The van der Waals surface area contributed by atoms with Crippen LogP contribution < -0.4 is 5.32 Å². The standard InChI is InChI=1S/C12H15N/c1-3-4-5-9-13-12-8-6-7-11(2)10-12/h4,6-8,10,13H,1,5,9H2,2H3. The smallest absolute Gasteiger partial charge is 0.0342 e. The second-order valence-electron chi connectivity index (χ2n) is 2.99. The molecule has 1 N–H and O–H groups in total. The average Bonchev–Trinajstić information content (AvgIpc) is 2.13. The Hall–Kier alpha value is -1.46. The van der Waals surface area contributed by atoms with Crippen molar-refractivity contribution in [3.63, 3.8) is 0 Å². The zero-order valence-corrected chi connectivity index (χ0v) is 8.01. The van der Waals surface area contributed by atoms with Gasteiger partial charge < -0.3 is 5.32 Å². The van der Waals surface area contributed by atoms with Gasteiger partial charge in [-0.3, -0.25) is 0 Å². The Kier molecular flexibility index (Phi) is 3.87. The van der Waals surface area contributed by atoms with E-state index in [9.17, 15) is 0 Å². The van der Waals surface area contributed by atoms with E-state index in [0.717, 1.165) is 13.0 Å². The van der Waals surface area contributed by atoms with Gasteiger partial charge >= 0.3 is 0 Å². The topological polar surface area (TPSA) is 12.0 Å². The highest BCUT2D eigenvalue weighted by Gasteiger charge is 1.89. The van der Waals surface area contributed by atoms with Crippen molar-refractivity contribution in [1.82, 2.24) is 0 Å². The Balaban J connectivity index is 2.40. The molecule has 0 spiro atoms. The first-order valence-corrected chi connectivity index (χ1v) is 4.48. The Morgan fingerprint density at radius 3 is 3.08 bits per heavy atom. The van der Waals surface area contributed by atoms with Crippen molar-refractivity contribution in [3.05, 3.63) is 48.2 Å². The molecule has 13 heavy (non-hydrogen) atoms. The summed E-state index contributed by atoms with van der Waals surface area (Å²) in [5.74, 6) is 0. The lowest BCUT2D eigenvalue weighted by Crippen LogP contribution is -1.99. The van der Waals surface area contributed by atoms with Gasteiger partial charge in [-0.2, -0.15) is 0 Å². The predicted molar refractivity (Wildman–Crippen MR) is 58.0 cm³/mol. The fourth-order valence-corrected chi connectivity index (χ4v) is 1.15. The fourth-order valence-electron chi connectivity index (χ4n) is 1.15. The van der Waals surface area contributed by atoms with Crippen LogP contribution in [0.5, 0.6) is 0 Å². The van der Waals surface area contributed by atoms with Crippen LogP contribution in [0.1, 0.15) is 12.0 Å².